The van der Waals surface area contributed by atoms with Crippen LogP contribution in [0.4, 0.5) is 17.3 Å². The Labute approximate surface area is 126 Å². The van der Waals surface area contributed by atoms with Crippen molar-refractivity contribution in [1.29, 1.82) is 0 Å². The molecule has 0 aliphatic rings. The fraction of sp³-hybridized carbons (Fsp3) is 0.667. The molecule has 0 saturated heterocycles. The van der Waals surface area contributed by atoms with Crippen LogP contribution in [-0.4, -0.2) is 23.5 Å². The van der Waals surface area contributed by atoms with E-state index in [-0.39, 0.29) is 5.69 Å². The first-order chi connectivity index (χ1) is 10.0. The minimum absolute atomic E-state index is 0.0220. The van der Waals surface area contributed by atoms with Crippen molar-refractivity contribution in [2.45, 2.75) is 46.0 Å². The van der Waals surface area contributed by atoms with Crippen LogP contribution in [-0.2, 0) is 0 Å². The van der Waals surface area contributed by atoms with Gasteiger partial charge in [0.2, 0.25) is 5.82 Å². The third-order valence-electron chi connectivity index (χ3n) is 3.33. The van der Waals surface area contributed by atoms with Crippen LogP contribution in [0.5, 0.6) is 0 Å². The molecular weight excluding hydrogens is 268 g/mol. The molecule has 6 heteroatoms. The number of hydrogen-bond donors (Lipinski definition) is 2. The molecule has 1 aromatic heterocycles. The number of unbranched alkanes of at least 4 members (excludes halogenated alkanes) is 3. The lowest BCUT2D eigenvalue weighted by atomic mass is 10.0. The SMILES string of the molecule is CNc1ccc([N+](=O)[O-])c(NCCCCCCC(C)C)n1. The molecule has 118 valence electrons. The maximum atomic E-state index is 11.0. The normalized spacial score (nSPS) is 10.7. The molecule has 0 unspecified atom stereocenters. The van der Waals surface area contributed by atoms with Crippen molar-refractivity contribution in [3.63, 3.8) is 0 Å². The molecule has 1 heterocycles. The summed E-state index contributed by atoms with van der Waals surface area (Å²) in [5.74, 6) is 1.73. The van der Waals surface area contributed by atoms with Crippen molar-refractivity contribution in [1.82, 2.24) is 4.98 Å². The third-order valence-corrected chi connectivity index (χ3v) is 3.33. The molecule has 0 aliphatic heterocycles. The van der Waals surface area contributed by atoms with Crippen LogP contribution in [0.15, 0.2) is 12.1 Å². The van der Waals surface area contributed by atoms with Crippen LogP contribution in [0, 0.1) is 16.0 Å². The van der Waals surface area contributed by atoms with Crippen LogP contribution < -0.4 is 10.6 Å². The van der Waals surface area contributed by atoms with Crippen LogP contribution in [0.3, 0.4) is 0 Å². The molecule has 1 aromatic rings. The van der Waals surface area contributed by atoms with Crippen molar-refractivity contribution in [3.8, 4) is 0 Å². The summed E-state index contributed by atoms with van der Waals surface area (Å²) in [6.07, 6.45) is 5.88. The largest absolute Gasteiger partial charge is 0.373 e. The molecule has 6 nitrogen and oxygen atoms in total. The molecule has 21 heavy (non-hydrogen) atoms. The predicted octanol–water partition coefficient (Wildman–Crippen LogP) is 4.05. The monoisotopic (exact) mass is 294 g/mol. The lowest BCUT2D eigenvalue weighted by Gasteiger charge is -2.08. The number of nitrogens with one attached hydrogen (secondary N) is 2. The summed E-state index contributed by atoms with van der Waals surface area (Å²) in [5, 5.41) is 16.9. The van der Waals surface area contributed by atoms with Gasteiger partial charge in [-0.1, -0.05) is 39.5 Å². The number of hydrogen-bond acceptors (Lipinski definition) is 5. The van der Waals surface area contributed by atoms with Crippen LogP contribution in [0.25, 0.3) is 0 Å². The lowest BCUT2D eigenvalue weighted by molar-refractivity contribution is -0.384. The van der Waals surface area contributed by atoms with E-state index in [2.05, 4.69) is 29.5 Å². The zero-order valence-corrected chi connectivity index (χ0v) is 13.2. The van der Waals surface area contributed by atoms with E-state index in [1.807, 2.05) is 0 Å². The summed E-state index contributed by atoms with van der Waals surface area (Å²) in [6, 6.07) is 3.08. The number of pyridine rings is 1. The van der Waals surface area contributed by atoms with Crippen molar-refractivity contribution in [2.75, 3.05) is 24.2 Å². The van der Waals surface area contributed by atoms with E-state index in [9.17, 15) is 10.1 Å². The Morgan fingerprint density at radius 3 is 2.57 bits per heavy atom. The fourth-order valence-electron chi connectivity index (χ4n) is 2.11. The zero-order chi connectivity index (χ0) is 15.7. The first kappa shape index (κ1) is 17.2. The maximum Gasteiger partial charge on any atom is 0.311 e. The Kier molecular flexibility index (Phi) is 7.50. The molecule has 1 rings (SSSR count). The predicted molar refractivity (Wildman–Crippen MR) is 86.9 cm³/mol. The van der Waals surface area contributed by atoms with Crippen LogP contribution in [0.1, 0.15) is 46.0 Å². The molecule has 0 amide bonds. The van der Waals surface area contributed by atoms with E-state index in [1.165, 1.54) is 25.3 Å². The molecular formula is C15H26N4O2. The van der Waals surface area contributed by atoms with E-state index >= 15 is 0 Å². The molecule has 0 spiro atoms. The summed E-state index contributed by atoms with van der Waals surface area (Å²) in [5.41, 5.74) is 0.0220. The quantitative estimate of drug-likeness (QED) is 0.386. The molecule has 0 atom stereocenters. The number of rotatable bonds is 10. The van der Waals surface area contributed by atoms with Gasteiger partial charge in [0, 0.05) is 19.7 Å². The van der Waals surface area contributed by atoms with E-state index < -0.39 is 4.92 Å². The molecule has 0 radical (unpaired) electrons. The van der Waals surface area contributed by atoms with Crippen molar-refractivity contribution < 1.29 is 4.92 Å². The highest BCUT2D eigenvalue weighted by atomic mass is 16.6. The minimum Gasteiger partial charge on any atom is -0.373 e. The molecule has 0 fully saturated rings. The van der Waals surface area contributed by atoms with Crippen molar-refractivity contribution in [2.24, 2.45) is 5.92 Å². The van der Waals surface area contributed by atoms with Gasteiger partial charge in [0.15, 0.2) is 0 Å². The zero-order valence-electron chi connectivity index (χ0n) is 13.2. The van der Waals surface area contributed by atoms with Gasteiger partial charge in [-0.15, -0.1) is 0 Å². The number of aromatic nitrogens is 1. The van der Waals surface area contributed by atoms with Gasteiger partial charge in [-0.05, 0) is 18.4 Å². The van der Waals surface area contributed by atoms with Gasteiger partial charge in [0.25, 0.3) is 0 Å². The fourth-order valence-corrected chi connectivity index (χ4v) is 2.11. The smallest absolute Gasteiger partial charge is 0.311 e. The van der Waals surface area contributed by atoms with Crippen LogP contribution in [0.2, 0.25) is 0 Å². The number of nitrogens with zero attached hydrogens (tertiary/aromatic N) is 2. The lowest BCUT2D eigenvalue weighted by Crippen LogP contribution is -2.07. The second-order valence-electron chi connectivity index (χ2n) is 5.59. The molecule has 0 aliphatic carbocycles. The Hall–Kier alpha value is -1.85. The van der Waals surface area contributed by atoms with Gasteiger partial charge in [-0.25, -0.2) is 4.98 Å². The Morgan fingerprint density at radius 2 is 1.95 bits per heavy atom. The van der Waals surface area contributed by atoms with Gasteiger partial charge < -0.3 is 10.6 Å². The molecule has 0 aromatic carbocycles. The summed E-state index contributed by atoms with van der Waals surface area (Å²) in [6.45, 7) is 5.19. The van der Waals surface area contributed by atoms with Crippen LogP contribution >= 0.6 is 0 Å². The summed E-state index contributed by atoms with van der Waals surface area (Å²) in [7, 11) is 1.74. The standard InChI is InChI=1S/C15H26N4O2/c1-12(2)8-6-4-5-7-11-17-15-13(19(20)21)9-10-14(16-3)18-15/h9-10,12H,4-8,11H2,1-3H3,(H2,16,17,18). The topological polar surface area (TPSA) is 80.1 Å². The van der Waals surface area contributed by atoms with Crippen molar-refractivity contribution >= 4 is 17.3 Å². The van der Waals surface area contributed by atoms with E-state index in [0.717, 1.165) is 18.8 Å². The first-order valence-corrected chi connectivity index (χ1v) is 7.61. The molecule has 0 bridgehead atoms. The van der Waals surface area contributed by atoms with Gasteiger partial charge in [-0.2, -0.15) is 0 Å². The molecule has 2 N–H and O–H groups in total. The summed E-state index contributed by atoms with van der Waals surface area (Å²) >= 11 is 0. The number of anilines is 2. The Bertz CT molecular complexity index is 449. The Morgan fingerprint density at radius 1 is 1.24 bits per heavy atom. The molecule has 0 saturated carbocycles. The number of nitro groups is 1. The van der Waals surface area contributed by atoms with Gasteiger partial charge in [0.05, 0.1) is 4.92 Å². The van der Waals surface area contributed by atoms with E-state index in [1.54, 1.807) is 13.1 Å². The van der Waals surface area contributed by atoms with Crippen molar-refractivity contribution in [3.05, 3.63) is 22.2 Å². The average Bonchev–Trinajstić information content (AvgIpc) is 2.45. The second kappa shape index (κ2) is 9.15. The van der Waals surface area contributed by atoms with E-state index in [4.69, 9.17) is 0 Å². The highest BCUT2D eigenvalue weighted by Crippen LogP contribution is 2.23. The highest BCUT2D eigenvalue weighted by Gasteiger charge is 2.15. The van der Waals surface area contributed by atoms with Gasteiger partial charge in [-0.3, -0.25) is 10.1 Å². The Balaban J connectivity index is 2.38. The first-order valence-electron chi connectivity index (χ1n) is 7.61. The average molecular weight is 294 g/mol. The highest BCUT2D eigenvalue weighted by molar-refractivity contribution is 5.60. The second-order valence-corrected chi connectivity index (χ2v) is 5.59. The van der Waals surface area contributed by atoms with Gasteiger partial charge >= 0.3 is 5.69 Å². The van der Waals surface area contributed by atoms with E-state index in [0.29, 0.717) is 18.2 Å². The third kappa shape index (κ3) is 6.42. The minimum atomic E-state index is -0.405. The summed E-state index contributed by atoms with van der Waals surface area (Å²) < 4.78 is 0. The maximum absolute atomic E-state index is 11.0. The van der Waals surface area contributed by atoms with Gasteiger partial charge in [0.1, 0.15) is 5.82 Å². The summed E-state index contributed by atoms with van der Waals surface area (Å²) in [4.78, 5) is 14.8.